The van der Waals surface area contributed by atoms with Gasteiger partial charge in [-0.25, -0.2) is 4.98 Å². The number of aromatic nitrogens is 1. The fourth-order valence-corrected chi connectivity index (χ4v) is 1.78. The van der Waals surface area contributed by atoms with E-state index < -0.39 is 0 Å². The van der Waals surface area contributed by atoms with Crippen LogP contribution in [0.25, 0.3) is 0 Å². The standard InChI is InChI=1S/C14H17N5O/c1-3-4-12-9-11(10-13(17-2)18-12)14(20)19(7-5-15)8-6-16/h9-10H,3-4,7-8H2,1-2H3,(H,17,18). The van der Waals surface area contributed by atoms with Gasteiger partial charge >= 0.3 is 0 Å². The van der Waals surface area contributed by atoms with Crippen molar-refractivity contribution in [2.24, 2.45) is 0 Å². The number of rotatable bonds is 6. The molecule has 20 heavy (non-hydrogen) atoms. The number of aryl methyl sites for hydroxylation is 1. The molecule has 0 atom stereocenters. The second-order valence-electron chi connectivity index (χ2n) is 4.21. The third-order valence-corrected chi connectivity index (χ3v) is 2.70. The average Bonchev–Trinajstić information content (AvgIpc) is 2.46. The lowest BCUT2D eigenvalue weighted by Crippen LogP contribution is -2.32. The minimum Gasteiger partial charge on any atom is -0.373 e. The van der Waals surface area contributed by atoms with Gasteiger partial charge in [0.05, 0.1) is 12.1 Å². The molecule has 0 unspecified atom stereocenters. The molecule has 104 valence electrons. The molecule has 6 nitrogen and oxygen atoms in total. The first-order valence-corrected chi connectivity index (χ1v) is 6.38. The molecule has 1 aromatic rings. The maximum atomic E-state index is 12.3. The van der Waals surface area contributed by atoms with Crippen molar-refractivity contribution in [3.63, 3.8) is 0 Å². The van der Waals surface area contributed by atoms with Crippen molar-refractivity contribution in [2.75, 3.05) is 25.5 Å². The van der Waals surface area contributed by atoms with Crippen LogP contribution in [0.1, 0.15) is 29.4 Å². The second kappa shape index (κ2) is 7.75. The molecule has 0 saturated heterocycles. The molecule has 1 N–H and O–H groups in total. The van der Waals surface area contributed by atoms with Crippen LogP contribution in [0.2, 0.25) is 0 Å². The van der Waals surface area contributed by atoms with Crippen molar-refractivity contribution in [1.82, 2.24) is 9.88 Å². The Morgan fingerprint density at radius 1 is 1.35 bits per heavy atom. The smallest absolute Gasteiger partial charge is 0.255 e. The molecule has 0 fully saturated rings. The SMILES string of the molecule is CCCc1cc(C(=O)N(CC#N)CC#N)cc(NC)n1. The lowest BCUT2D eigenvalue weighted by atomic mass is 10.1. The van der Waals surface area contributed by atoms with E-state index in [4.69, 9.17) is 10.5 Å². The monoisotopic (exact) mass is 271 g/mol. The van der Waals surface area contributed by atoms with E-state index in [1.807, 2.05) is 19.1 Å². The van der Waals surface area contributed by atoms with Crippen molar-refractivity contribution in [3.05, 3.63) is 23.4 Å². The third kappa shape index (κ3) is 3.96. The van der Waals surface area contributed by atoms with E-state index in [9.17, 15) is 4.79 Å². The van der Waals surface area contributed by atoms with E-state index in [2.05, 4.69) is 10.3 Å². The first-order chi connectivity index (χ1) is 9.65. The molecule has 1 aromatic heterocycles. The van der Waals surface area contributed by atoms with E-state index in [0.29, 0.717) is 11.4 Å². The van der Waals surface area contributed by atoms with Gasteiger partial charge in [-0.15, -0.1) is 0 Å². The van der Waals surface area contributed by atoms with Crippen molar-refractivity contribution in [1.29, 1.82) is 10.5 Å². The fourth-order valence-electron chi connectivity index (χ4n) is 1.78. The van der Waals surface area contributed by atoms with Gasteiger partial charge in [-0.1, -0.05) is 13.3 Å². The number of carbonyl (C=O) groups is 1. The van der Waals surface area contributed by atoms with Gasteiger partial charge in [-0.05, 0) is 18.6 Å². The molecule has 1 heterocycles. The average molecular weight is 271 g/mol. The molecule has 0 saturated carbocycles. The van der Waals surface area contributed by atoms with Crippen LogP contribution in [0.15, 0.2) is 12.1 Å². The molecule has 1 amide bonds. The van der Waals surface area contributed by atoms with E-state index in [1.54, 1.807) is 19.2 Å². The zero-order valence-electron chi connectivity index (χ0n) is 11.7. The number of nitrogens with one attached hydrogen (secondary N) is 1. The lowest BCUT2D eigenvalue weighted by Gasteiger charge is -2.16. The number of pyridine rings is 1. The Morgan fingerprint density at radius 3 is 2.50 bits per heavy atom. The van der Waals surface area contributed by atoms with E-state index in [0.717, 1.165) is 18.5 Å². The number of nitrogens with zero attached hydrogens (tertiary/aromatic N) is 4. The number of carbonyl (C=O) groups excluding carboxylic acids is 1. The minimum atomic E-state index is -0.329. The maximum Gasteiger partial charge on any atom is 0.255 e. The molecule has 0 spiro atoms. The van der Waals surface area contributed by atoms with Crippen LogP contribution < -0.4 is 5.32 Å². The predicted molar refractivity (Wildman–Crippen MR) is 74.9 cm³/mol. The molecular weight excluding hydrogens is 254 g/mol. The van der Waals surface area contributed by atoms with Gasteiger partial charge in [0.1, 0.15) is 18.9 Å². The summed E-state index contributed by atoms with van der Waals surface area (Å²) in [6, 6.07) is 7.13. The summed E-state index contributed by atoms with van der Waals surface area (Å²) < 4.78 is 0. The Morgan fingerprint density at radius 2 is 2.00 bits per heavy atom. The lowest BCUT2D eigenvalue weighted by molar-refractivity contribution is 0.0794. The summed E-state index contributed by atoms with van der Waals surface area (Å²) >= 11 is 0. The molecular formula is C14H17N5O. The predicted octanol–water partition coefficient (Wildman–Crippen LogP) is 1.57. The number of nitriles is 2. The van der Waals surface area contributed by atoms with Gasteiger partial charge in [0.25, 0.3) is 5.91 Å². The van der Waals surface area contributed by atoms with Crippen LogP contribution >= 0.6 is 0 Å². The van der Waals surface area contributed by atoms with Crippen LogP contribution in [-0.2, 0) is 6.42 Å². The van der Waals surface area contributed by atoms with Gasteiger partial charge in [0.2, 0.25) is 0 Å². The largest absolute Gasteiger partial charge is 0.373 e. The maximum absolute atomic E-state index is 12.3. The number of amides is 1. The molecule has 0 aliphatic heterocycles. The van der Waals surface area contributed by atoms with Crippen LogP contribution in [0, 0.1) is 22.7 Å². The number of anilines is 1. The Labute approximate surface area is 118 Å². The molecule has 1 rings (SSSR count). The summed E-state index contributed by atoms with van der Waals surface area (Å²) in [7, 11) is 1.73. The van der Waals surface area contributed by atoms with Crippen LogP contribution in [0.4, 0.5) is 5.82 Å². The van der Waals surface area contributed by atoms with Gasteiger partial charge < -0.3 is 10.2 Å². The molecule has 0 aromatic carbocycles. The molecule has 0 bridgehead atoms. The molecule has 0 aliphatic carbocycles. The third-order valence-electron chi connectivity index (χ3n) is 2.70. The summed E-state index contributed by atoms with van der Waals surface area (Å²) in [4.78, 5) is 17.9. The molecule has 0 aliphatic rings. The summed E-state index contributed by atoms with van der Waals surface area (Å²) in [5.41, 5.74) is 1.26. The highest BCUT2D eigenvalue weighted by Crippen LogP contribution is 2.14. The van der Waals surface area contributed by atoms with E-state index in [-0.39, 0.29) is 19.0 Å². The highest BCUT2D eigenvalue weighted by molar-refractivity contribution is 5.95. The van der Waals surface area contributed by atoms with Gasteiger partial charge in [-0.3, -0.25) is 4.79 Å². The normalized spacial score (nSPS) is 9.40. The minimum absolute atomic E-state index is 0.104. The first-order valence-electron chi connectivity index (χ1n) is 6.38. The van der Waals surface area contributed by atoms with Crippen molar-refractivity contribution in [2.45, 2.75) is 19.8 Å². The van der Waals surface area contributed by atoms with Crippen LogP contribution in [-0.4, -0.2) is 35.9 Å². The summed E-state index contributed by atoms with van der Waals surface area (Å²) in [6.45, 7) is 1.83. The number of hydrogen-bond acceptors (Lipinski definition) is 5. The second-order valence-corrected chi connectivity index (χ2v) is 4.21. The van der Waals surface area contributed by atoms with Crippen molar-refractivity contribution in [3.8, 4) is 12.1 Å². The van der Waals surface area contributed by atoms with Gasteiger partial charge in [-0.2, -0.15) is 10.5 Å². The van der Waals surface area contributed by atoms with Gasteiger partial charge in [0, 0.05) is 18.3 Å². The zero-order chi connectivity index (χ0) is 15.0. The zero-order valence-corrected chi connectivity index (χ0v) is 11.7. The summed E-state index contributed by atoms with van der Waals surface area (Å²) in [5.74, 6) is 0.275. The molecule has 0 radical (unpaired) electrons. The first kappa shape index (κ1) is 15.5. The number of hydrogen-bond donors (Lipinski definition) is 1. The Hall–Kier alpha value is -2.60. The highest BCUT2D eigenvalue weighted by atomic mass is 16.2. The topological polar surface area (TPSA) is 92.8 Å². The van der Waals surface area contributed by atoms with Crippen molar-refractivity contribution < 1.29 is 4.79 Å². The molecule has 6 heteroatoms. The summed E-state index contributed by atoms with van der Waals surface area (Å²) in [5, 5.41) is 20.4. The summed E-state index contributed by atoms with van der Waals surface area (Å²) in [6.07, 6.45) is 1.69. The fraction of sp³-hybridized carbons (Fsp3) is 0.429. The Balaban J connectivity index is 3.10. The van der Waals surface area contributed by atoms with Crippen LogP contribution in [0.5, 0.6) is 0 Å². The quantitative estimate of drug-likeness (QED) is 0.793. The van der Waals surface area contributed by atoms with Gasteiger partial charge in [0.15, 0.2) is 0 Å². The Bertz CT molecular complexity index is 540. The Kier molecular flexibility index (Phi) is 5.99. The highest BCUT2D eigenvalue weighted by Gasteiger charge is 2.17. The van der Waals surface area contributed by atoms with Crippen LogP contribution in [0.3, 0.4) is 0 Å². The van der Waals surface area contributed by atoms with E-state index in [1.165, 1.54) is 4.90 Å². The van der Waals surface area contributed by atoms with E-state index >= 15 is 0 Å². The van der Waals surface area contributed by atoms with Crippen molar-refractivity contribution >= 4 is 11.7 Å².